The standard InChI is InChI=1S/C16H9IN2O4/c18-14-13(17-9-4-3-5-10(8-9)19(22)23)15(20)11-6-1-2-7-12(11)16(14)21/h1-8,18H. The first-order valence-electron chi connectivity index (χ1n) is 6.52. The van der Waals surface area contributed by atoms with E-state index in [0.717, 1.165) is 0 Å². The molecule has 114 valence electrons. The number of nitrogens with zero attached hydrogens (tertiary/aromatic N) is 1. The predicted octanol–water partition coefficient (Wildman–Crippen LogP) is 2.20. The van der Waals surface area contributed by atoms with Crippen LogP contribution in [0.5, 0.6) is 0 Å². The fourth-order valence-corrected chi connectivity index (χ4v) is 4.73. The van der Waals surface area contributed by atoms with E-state index in [4.69, 9.17) is 5.41 Å². The third-order valence-corrected chi connectivity index (χ3v) is 6.15. The zero-order valence-electron chi connectivity index (χ0n) is 11.6. The summed E-state index contributed by atoms with van der Waals surface area (Å²) in [5, 5.41) is 19.1. The summed E-state index contributed by atoms with van der Waals surface area (Å²) in [6.45, 7) is 0. The topological polar surface area (TPSA) is 101 Å². The van der Waals surface area contributed by atoms with Crippen LogP contribution >= 0.6 is 20.7 Å². The van der Waals surface area contributed by atoms with Crippen molar-refractivity contribution >= 4 is 37.2 Å². The molecule has 0 amide bonds. The minimum atomic E-state index is -1.15. The molecule has 23 heavy (non-hydrogen) atoms. The van der Waals surface area contributed by atoms with Crippen molar-refractivity contribution in [3.8, 4) is 0 Å². The molecule has 0 aliphatic rings. The minimum Gasteiger partial charge on any atom is -0.296 e. The van der Waals surface area contributed by atoms with Crippen molar-refractivity contribution in [2.45, 2.75) is 0 Å². The van der Waals surface area contributed by atoms with Crippen LogP contribution in [0.4, 0.5) is 5.69 Å². The highest BCUT2D eigenvalue weighted by Gasteiger charge is 2.09. The monoisotopic (exact) mass is 420 g/mol. The lowest BCUT2D eigenvalue weighted by molar-refractivity contribution is -0.384. The van der Waals surface area contributed by atoms with Crippen molar-refractivity contribution in [3.05, 3.63) is 91.2 Å². The molecule has 6 nitrogen and oxygen atoms in total. The number of non-ortho nitro benzene ring substituents is 1. The number of hydrogen-bond donors (Lipinski definition) is 1. The van der Waals surface area contributed by atoms with Crippen LogP contribution in [-0.4, -0.2) is 4.92 Å². The van der Waals surface area contributed by atoms with Gasteiger partial charge >= 0.3 is 0 Å². The van der Waals surface area contributed by atoms with E-state index in [1.807, 2.05) is 0 Å². The summed E-state index contributed by atoms with van der Waals surface area (Å²) in [7, 11) is 0. The first kappa shape index (κ1) is 15.3. The highest BCUT2D eigenvalue weighted by molar-refractivity contribution is 14.2. The van der Waals surface area contributed by atoms with Gasteiger partial charge in [0.15, 0.2) is 0 Å². The van der Waals surface area contributed by atoms with Gasteiger partial charge in [-0.15, -0.1) is 0 Å². The van der Waals surface area contributed by atoms with Crippen LogP contribution in [0.1, 0.15) is 0 Å². The fourth-order valence-electron chi connectivity index (χ4n) is 2.19. The number of nitrogens with one attached hydrogen (secondary N) is 1. The van der Waals surface area contributed by atoms with E-state index in [1.54, 1.807) is 30.3 Å². The second kappa shape index (κ2) is 5.92. The Kier molecular flexibility index (Phi) is 3.95. The summed E-state index contributed by atoms with van der Waals surface area (Å²) in [5.74, 6) is 0. The maximum Gasteiger partial charge on any atom is 0.270 e. The van der Waals surface area contributed by atoms with E-state index >= 15 is 0 Å². The molecular formula is C16H9IN2O4. The molecule has 0 saturated carbocycles. The molecule has 0 aliphatic carbocycles. The van der Waals surface area contributed by atoms with Crippen molar-refractivity contribution in [1.29, 1.82) is 5.41 Å². The molecule has 3 aromatic rings. The highest BCUT2D eigenvalue weighted by atomic mass is 127. The zero-order chi connectivity index (χ0) is 16.6. The van der Waals surface area contributed by atoms with E-state index < -0.39 is 31.1 Å². The zero-order valence-corrected chi connectivity index (χ0v) is 13.7. The third kappa shape index (κ3) is 2.74. The average Bonchev–Trinajstić information content (AvgIpc) is 2.57. The minimum absolute atomic E-state index is 0.0654. The van der Waals surface area contributed by atoms with Gasteiger partial charge in [0.25, 0.3) is 5.69 Å². The summed E-state index contributed by atoms with van der Waals surface area (Å²) in [6, 6.07) is 12.4. The SMILES string of the molecule is N=c1c(=Ic2cccc([N+](=O)[O-])c2)c(=O)c2ccccc2c1=O. The van der Waals surface area contributed by atoms with Gasteiger partial charge in [-0.1, -0.05) is 51.1 Å². The first-order chi connectivity index (χ1) is 11.0. The molecule has 0 fully saturated rings. The summed E-state index contributed by atoms with van der Waals surface area (Å²) < 4.78 is 0.797. The molecule has 0 spiro atoms. The lowest BCUT2D eigenvalue weighted by atomic mass is 10.1. The molecule has 0 saturated heterocycles. The lowest BCUT2D eigenvalue weighted by Gasteiger charge is -1.96. The Labute approximate surface area is 138 Å². The van der Waals surface area contributed by atoms with Crippen molar-refractivity contribution in [2.75, 3.05) is 0 Å². The number of fused-ring (bicyclic) bond motifs is 1. The van der Waals surface area contributed by atoms with Gasteiger partial charge in [0.2, 0.25) is 10.9 Å². The molecule has 0 heterocycles. The van der Waals surface area contributed by atoms with E-state index in [1.165, 1.54) is 18.2 Å². The maximum absolute atomic E-state index is 12.6. The third-order valence-electron chi connectivity index (χ3n) is 3.28. The van der Waals surface area contributed by atoms with Gasteiger partial charge in [-0.05, 0) is 6.07 Å². The number of rotatable bonds is 2. The van der Waals surface area contributed by atoms with Crippen LogP contribution in [0.2, 0.25) is 0 Å². The molecule has 0 atom stereocenters. The van der Waals surface area contributed by atoms with Gasteiger partial charge in [0.05, 0.1) is 8.08 Å². The summed E-state index contributed by atoms with van der Waals surface area (Å²) >= 11 is -1.15. The fraction of sp³-hybridized carbons (Fsp3) is 0. The average molecular weight is 420 g/mol. The summed E-state index contributed by atoms with van der Waals surface area (Å²) in [5.41, 5.74) is -0.867. The predicted molar refractivity (Wildman–Crippen MR) is 93.8 cm³/mol. The Hall–Kier alpha value is -2.55. The highest BCUT2D eigenvalue weighted by Crippen LogP contribution is 2.19. The number of nitro groups is 1. The number of benzene rings is 3. The van der Waals surface area contributed by atoms with E-state index in [0.29, 0.717) is 8.96 Å². The molecule has 0 aromatic heterocycles. The van der Waals surface area contributed by atoms with Crippen molar-refractivity contribution in [1.82, 2.24) is 0 Å². The van der Waals surface area contributed by atoms with Crippen molar-refractivity contribution < 1.29 is 4.92 Å². The van der Waals surface area contributed by atoms with Crippen LogP contribution in [0.3, 0.4) is 0 Å². The van der Waals surface area contributed by atoms with Crippen LogP contribution < -0.4 is 16.2 Å². The van der Waals surface area contributed by atoms with E-state index in [2.05, 4.69) is 0 Å². The molecule has 3 aromatic carbocycles. The molecule has 3 rings (SSSR count). The Bertz CT molecular complexity index is 1160. The number of hydrogen-bond acceptors (Lipinski definition) is 5. The molecular weight excluding hydrogens is 411 g/mol. The van der Waals surface area contributed by atoms with Crippen LogP contribution in [-0.2, 0) is 0 Å². The van der Waals surface area contributed by atoms with Gasteiger partial charge in [0.1, 0.15) is 5.36 Å². The Morgan fingerprint density at radius 3 is 2.26 bits per heavy atom. The second-order valence-electron chi connectivity index (χ2n) is 4.72. The first-order valence-corrected chi connectivity index (χ1v) is 8.68. The quantitative estimate of drug-likeness (QED) is 0.390. The molecule has 0 unspecified atom stereocenters. The van der Waals surface area contributed by atoms with Gasteiger partial charge in [-0.25, -0.2) is 0 Å². The molecule has 7 heteroatoms. The smallest absolute Gasteiger partial charge is 0.270 e. The molecule has 0 radical (unpaired) electrons. The number of halogens is 1. The summed E-state index contributed by atoms with van der Waals surface area (Å²) in [4.78, 5) is 35.1. The largest absolute Gasteiger partial charge is 0.296 e. The van der Waals surface area contributed by atoms with E-state index in [9.17, 15) is 19.7 Å². The van der Waals surface area contributed by atoms with Gasteiger partial charge in [-0.3, -0.25) is 25.1 Å². The lowest BCUT2D eigenvalue weighted by Crippen LogP contribution is -2.30. The molecule has 0 aliphatic heterocycles. The normalized spacial score (nSPS) is 12.1. The second-order valence-corrected chi connectivity index (χ2v) is 7.59. The summed E-state index contributed by atoms with van der Waals surface area (Å²) in [6.07, 6.45) is 0. The molecule has 0 bridgehead atoms. The van der Waals surface area contributed by atoms with Crippen molar-refractivity contribution in [3.63, 3.8) is 0 Å². The Balaban J connectivity index is 2.39. The van der Waals surface area contributed by atoms with E-state index in [-0.39, 0.29) is 25.0 Å². The van der Waals surface area contributed by atoms with Gasteiger partial charge in [-0.2, -0.15) is 0 Å². The molecule has 1 N–H and O–H groups in total. The van der Waals surface area contributed by atoms with Gasteiger partial charge in [0, 0.05) is 26.5 Å². The maximum atomic E-state index is 12.6. The Morgan fingerprint density at radius 1 is 0.957 bits per heavy atom. The van der Waals surface area contributed by atoms with Crippen molar-refractivity contribution in [2.24, 2.45) is 0 Å². The van der Waals surface area contributed by atoms with Crippen LogP contribution in [0.15, 0.2) is 58.1 Å². The number of nitro benzene ring substituents is 1. The Morgan fingerprint density at radius 2 is 1.61 bits per heavy atom. The van der Waals surface area contributed by atoms with Crippen LogP contribution in [0.25, 0.3) is 10.8 Å². The van der Waals surface area contributed by atoms with Crippen LogP contribution in [0, 0.1) is 22.2 Å². The van der Waals surface area contributed by atoms with Gasteiger partial charge < -0.3 is 0 Å².